The number of fused-ring (bicyclic) bond motifs is 1. The van der Waals surface area contributed by atoms with E-state index in [9.17, 15) is 10.1 Å². The summed E-state index contributed by atoms with van der Waals surface area (Å²) in [5, 5.41) is 16.1. The molecular formula is C15H12ClN3O2. The fraction of sp³-hybridized carbons (Fsp3) is 0.133. The topological polar surface area (TPSA) is 61.0 Å². The van der Waals surface area contributed by atoms with Gasteiger partial charge >= 0.3 is 0 Å². The summed E-state index contributed by atoms with van der Waals surface area (Å²) in [7, 11) is 0. The Morgan fingerprint density at radius 3 is 2.67 bits per heavy atom. The molecule has 0 spiro atoms. The van der Waals surface area contributed by atoms with Gasteiger partial charge in [0.05, 0.1) is 17.0 Å². The first-order chi connectivity index (χ1) is 10.0. The van der Waals surface area contributed by atoms with Crippen LogP contribution >= 0.6 is 11.6 Å². The van der Waals surface area contributed by atoms with Crippen molar-refractivity contribution in [1.29, 1.82) is 0 Å². The summed E-state index contributed by atoms with van der Waals surface area (Å²) in [4.78, 5) is 10.4. The van der Waals surface area contributed by atoms with Crippen LogP contribution in [0.15, 0.2) is 42.6 Å². The molecule has 0 aliphatic carbocycles. The third-order valence-electron chi connectivity index (χ3n) is 3.28. The van der Waals surface area contributed by atoms with Crippen LogP contribution in [0.3, 0.4) is 0 Å². The van der Waals surface area contributed by atoms with Crippen LogP contribution in [0.25, 0.3) is 10.9 Å². The Hall–Kier alpha value is -2.40. The Labute approximate surface area is 125 Å². The summed E-state index contributed by atoms with van der Waals surface area (Å²) in [5.74, 6) is 0. The molecule has 2 aromatic carbocycles. The first-order valence-electron chi connectivity index (χ1n) is 6.39. The van der Waals surface area contributed by atoms with E-state index in [1.807, 2.05) is 31.2 Å². The Bertz CT molecular complexity index is 825. The fourth-order valence-electron chi connectivity index (χ4n) is 2.19. The van der Waals surface area contributed by atoms with Gasteiger partial charge in [-0.05, 0) is 18.6 Å². The molecule has 0 saturated carbocycles. The third kappa shape index (κ3) is 2.73. The summed E-state index contributed by atoms with van der Waals surface area (Å²) in [6.07, 6.45) is 1.79. The Kier molecular flexibility index (Phi) is 3.35. The average molecular weight is 302 g/mol. The first-order valence-corrected chi connectivity index (χ1v) is 6.77. The highest BCUT2D eigenvalue weighted by molar-refractivity contribution is 6.33. The lowest BCUT2D eigenvalue weighted by molar-refractivity contribution is -0.384. The predicted octanol–water partition coefficient (Wildman–Crippen LogP) is 3.95. The van der Waals surface area contributed by atoms with Gasteiger partial charge in [-0.15, -0.1) is 0 Å². The number of aromatic nitrogens is 2. The van der Waals surface area contributed by atoms with Crippen LogP contribution < -0.4 is 0 Å². The van der Waals surface area contributed by atoms with Crippen molar-refractivity contribution in [3.8, 4) is 0 Å². The van der Waals surface area contributed by atoms with Gasteiger partial charge in [-0.3, -0.25) is 14.8 Å². The molecule has 1 aromatic heterocycles. The predicted molar refractivity (Wildman–Crippen MR) is 81.7 cm³/mol. The SMILES string of the molecule is Cc1ccc(Cn2cc3cc([N+](=O)[O-])c(Cl)cc3n2)cc1. The molecule has 0 amide bonds. The normalized spacial score (nSPS) is 11.0. The molecule has 0 atom stereocenters. The molecule has 0 N–H and O–H groups in total. The van der Waals surface area contributed by atoms with Crippen molar-refractivity contribution < 1.29 is 4.92 Å². The fourth-order valence-corrected chi connectivity index (χ4v) is 2.41. The zero-order valence-corrected chi connectivity index (χ0v) is 12.0. The zero-order valence-electron chi connectivity index (χ0n) is 11.3. The van der Waals surface area contributed by atoms with E-state index in [1.165, 1.54) is 17.7 Å². The number of nitrogens with zero attached hydrogens (tertiary/aromatic N) is 3. The molecule has 106 valence electrons. The quantitative estimate of drug-likeness (QED) is 0.543. The monoisotopic (exact) mass is 301 g/mol. The number of halogens is 1. The van der Waals surface area contributed by atoms with Crippen molar-refractivity contribution in [1.82, 2.24) is 9.78 Å². The lowest BCUT2D eigenvalue weighted by Crippen LogP contribution is -1.99. The highest BCUT2D eigenvalue weighted by Crippen LogP contribution is 2.29. The number of aryl methyl sites for hydroxylation is 1. The second kappa shape index (κ2) is 5.18. The third-order valence-corrected chi connectivity index (χ3v) is 3.59. The second-order valence-electron chi connectivity index (χ2n) is 4.93. The van der Waals surface area contributed by atoms with Gasteiger partial charge in [0, 0.05) is 17.6 Å². The van der Waals surface area contributed by atoms with E-state index in [-0.39, 0.29) is 10.7 Å². The molecule has 3 aromatic rings. The van der Waals surface area contributed by atoms with Gasteiger partial charge in [0.2, 0.25) is 0 Å². The molecule has 0 aliphatic heterocycles. The summed E-state index contributed by atoms with van der Waals surface area (Å²) >= 11 is 5.89. The van der Waals surface area contributed by atoms with Gasteiger partial charge in [-0.25, -0.2) is 0 Å². The lowest BCUT2D eigenvalue weighted by Gasteiger charge is -2.01. The van der Waals surface area contributed by atoms with Crippen LogP contribution in [0.1, 0.15) is 11.1 Å². The number of hydrogen-bond acceptors (Lipinski definition) is 3. The van der Waals surface area contributed by atoms with E-state index < -0.39 is 4.92 Å². The maximum atomic E-state index is 10.9. The van der Waals surface area contributed by atoms with Gasteiger partial charge in [-0.1, -0.05) is 41.4 Å². The maximum Gasteiger partial charge on any atom is 0.288 e. The number of nitro groups is 1. The first kappa shape index (κ1) is 13.6. The van der Waals surface area contributed by atoms with Crippen molar-refractivity contribution in [2.75, 3.05) is 0 Å². The van der Waals surface area contributed by atoms with Gasteiger partial charge in [0.25, 0.3) is 5.69 Å². The van der Waals surface area contributed by atoms with Crippen molar-refractivity contribution in [3.63, 3.8) is 0 Å². The Morgan fingerprint density at radius 2 is 2.00 bits per heavy atom. The standard InChI is InChI=1S/C15H12ClN3O2/c1-10-2-4-11(5-3-10)8-18-9-12-6-15(19(20)21)13(16)7-14(12)17-18/h2-7,9H,8H2,1H3. The summed E-state index contributed by atoms with van der Waals surface area (Å²) < 4.78 is 1.76. The molecule has 3 rings (SSSR count). The minimum atomic E-state index is -0.487. The van der Waals surface area contributed by atoms with Crippen LogP contribution in [-0.2, 0) is 6.54 Å². The van der Waals surface area contributed by atoms with Crippen LogP contribution in [0.5, 0.6) is 0 Å². The van der Waals surface area contributed by atoms with Crippen LogP contribution in [-0.4, -0.2) is 14.7 Å². The number of benzene rings is 2. The average Bonchev–Trinajstić information content (AvgIpc) is 2.81. The summed E-state index contributed by atoms with van der Waals surface area (Å²) in [6, 6.07) is 11.1. The molecule has 21 heavy (non-hydrogen) atoms. The molecule has 6 heteroatoms. The van der Waals surface area contributed by atoms with Crippen molar-refractivity contribution in [2.24, 2.45) is 0 Å². The van der Waals surface area contributed by atoms with Gasteiger partial charge in [0.1, 0.15) is 5.02 Å². The second-order valence-corrected chi connectivity index (χ2v) is 5.34. The van der Waals surface area contributed by atoms with Crippen molar-refractivity contribution >= 4 is 28.2 Å². The Balaban J connectivity index is 1.97. The van der Waals surface area contributed by atoms with Gasteiger partial charge in [-0.2, -0.15) is 5.10 Å². The smallest absolute Gasteiger partial charge is 0.267 e. The number of hydrogen-bond donors (Lipinski definition) is 0. The van der Waals surface area contributed by atoms with E-state index in [2.05, 4.69) is 5.10 Å². The number of nitro benzene ring substituents is 1. The largest absolute Gasteiger partial charge is 0.288 e. The zero-order chi connectivity index (χ0) is 15.0. The van der Waals surface area contributed by atoms with Crippen LogP contribution in [0.4, 0.5) is 5.69 Å². The number of rotatable bonds is 3. The molecular weight excluding hydrogens is 290 g/mol. The molecule has 0 fully saturated rings. The van der Waals surface area contributed by atoms with E-state index in [0.29, 0.717) is 17.4 Å². The lowest BCUT2D eigenvalue weighted by atomic mass is 10.1. The van der Waals surface area contributed by atoms with Crippen molar-refractivity contribution in [3.05, 3.63) is 68.9 Å². The molecule has 5 nitrogen and oxygen atoms in total. The minimum Gasteiger partial charge on any atom is -0.267 e. The summed E-state index contributed by atoms with van der Waals surface area (Å²) in [6.45, 7) is 2.65. The summed E-state index contributed by atoms with van der Waals surface area (Å²) in [5.41, 5.74) is 2.87. The van der Waals surface area contributed by atoms with E-state index in [1.54, 1.807) is 10.9 Å². The molecule has 0 saturated heterocycles. The highest BCUT2D eigenvalue weighted by Gasteiger charge is 2.15. The van der Waals surface area contributed by atoms with E-state index in [4.69, 9.17) is 11.6 Å². The van der Waals surface area contributed by atoms with E-state index >= 15 is 0 Å². The van der Waals surface area contributed by atoms with E-state index in [0.717, 1.165) is 5.56 Å². The molecule has 0 aliphatic rings. The van der Waals surface area contributed by atoms with Gasteiger partial charge < -0.3 is 0 Å². The minimum absolute atomic E-state index is 0.0981. The molecule has 0 bridgehead atoms. The van der Waals surface area contributed by atoms with Crippen LogP contribution in [0.2, 0.25) is 5.02 Å². The van der Waals surface area contributed by atoms with Gasteiger partial charge in [0.15, 0.2) is 0 Å². The van der Waals surface area contributed by atoms with Crippen LogP contribution in [0, 0.1) is 17.0 Å². The maximum absolute atomic E-state index is 10.9. The highest BCUT2D eigenvalue weighted by atomic mass is 35.5. The molecule has 1 heterocycles. The molecule has 0 radical (unpaired) electrons. The Morgan fingerprint density at radius 1 is 1.29 bits per heavy atom. The van der Waals surface area contributed by atoms with Crippen molar-refractivity contribution in [2.45, 2.75) is 13.5 Å². The molecule has 0 unspecified atom stereocenters.